The third kappa shape index (κ3) is 5.19. The molecular formula is C26H28N4O3S. The Bertz CT molecular complexity index is 1260. The monoisotopic (exact) mass is 476 g/mol. The first-order valence-electron chi connectivity index (χ1n) is 11.4. The third-order valence-corrected chi connectivity index (χ3v) is 6.81. The van der Waals surface area contributed by atoms with E-state index in [2.05, 4.69) is 56.9 Å². The molecule has 176 valence electrons. The van der Waals surface area contributed by atoms with Crippen molar-refractivity contribution in [2.24, 2.45) is 0 Å². The van der Waals surface area contributed by atoms with Crippen molar-refractivity contribution in [2.75, 3.05) is 43.6 Å². The van der Waals surface area contributed by atoms with E-state index in [0.717, 1.165) is 46.4 Å². The van der Waals surface area contributed by atoms with Crippen molar-refractivity contribution in [3.05, 3.63) is 72.3 Å². The average molecular weight is 477 g/mol. The molecule has 8 heteroatoms. The highest BCUT2D eigenvalue weighted by atomic mass is 32.2. The van der Waals surface area contributed by atoms with Gasteiger partial charge in [-0.25, -0.2) is 0 Å². The smallest absolute Gasteiger partial charge is 0.232 e. The number of fused-ring (bicyclic) bond motifs is 1. The van der Waals surface area contributed by atoms with Crippen molar-refractivity contribution < 1.29 is 14.6 Å². The van der Waals surface area contributed by atoms with Crippen LogP contribution in [0, 0.1) is 6.92 Å². The third-order valence-electron chi connectivity index (χ3n) is 5.74. The predicted molar refractivity (Wildman–Crippen MR) is 135 cm³/mol. The van der Waals surface area contributed by atoms with Gasteiger partial charge in [-0.1, -0.05) is 54.2 Å². The summed E-state index contributed by atoms with van der Waals surface area (Å²) in [6.07, 6.45) is -0.647. The van der Waals surface area contributed by atoms with Crippen LogP contribution < -0.4 is 9.64 Å². The van der Waals surface area contributed by atoms with Crippen molar-refractivity contribution in [3.63, 3.8) is 0 Å². The molecule has 0 aliphatic carbocycles. The zero-order valence-corrected chi connectivity index (χ0v) is 19.9. The van der Waals surface area contributed by atoms with Crippen LogP contribution in [-0.2, 0) is 4.74 Å². The van der Waals surface area contributed by atoms with E-state index in [0.29, 0.717) is 19.0 Å². The summed E-state index contributed by atoms with van der Waals surface area (Å²) in [5.74, 6) is 2.00. The number of benzene rings is 3. The Morgan fingerprint density at radius 1 is 1.00 bits per heavy atom. The molecule has 0 amide bonds. The Balaban J connectivity index is 1.28. The first-order valence-corrected chi connectivity index (χ1v) is 12.4. The van der Waals surface area contributed by atoms with Gasteiger partial charge in [-0.3, -0.25) is 4.57 Å². The molecule has 0 spiro atoms. The molecule has 1 unspecified atom stereocenters. The number of aryl methyl sites for hydroxylation is 1. The standard InChI is InChI=1S/C26H28N4O3S/c1-19-5-4-8-22(15-19)30-25(29-11-13-32-14-12-29)27-28-26(30)34-18-23(31)17-33-24-10-9-20-6-2-3-7-21(20)16-24/h2-10,15-16,23,31H,11-14,17-18H2,1H3. The summed E-state index contributed by atoms with van der Waals surface area (Å²) in [7, 11) is 0. The maximum Gasteiger partial charge on any atom is 0.232 e. The fourth-order valence-corrected chi connectivity index (χ4v) is 4.84. The van der Waals surface area contributed by atoms with Crippen molar-refractivity contribution >= 4 is 28.5 Å². The quantitative estimate of drug-likeness (QED) is 0.384. The van der Waals surface area contributed by atoms with Crippen LogP contribution in [0.25, 0.3) is 16.5 Å². The average Bonchev–Trinajstić information content (AvgIpc) is 3.30. The van der Waals surface area contributed by atoms with Crippen LogP contribution in [-0.4, -0.2) is 64.6 Å². The van der Waals surface area contributed by atoms with Crippen molar-refractivity contribution in [1.29, 1.82) is 0 Å². The molecule has 1 atom stereocenters. The molecule has 0 bridgehead atoms. The van der Waals surface area contributed by atoms with Crippen LogP contribution in [0.4, 0.5) is 5.95 Å². The summed E-state index contributed by atoms with van der Waals surface area (Å²) in [5, 5.41) is 22.6. The van der Waals surface area contributed by atoms with Gasteiger partial charge in [-0.05, 0) is 47.5 Å². The number of aliphatic hydroxyl groups excluding tert-OH is 1. The number of thioether (sulfide) groups is 1. The summed E-state index contributed by atoms with van der Waals surface area (Å²) in [6.45, 7) is 5.18. The first kappa shape index (κ1) is 22.7. The molecule has 1 aliphatic rings. The summed E-state index contributed by atoms with van der Waals surface area (Å²) in [4.78, 5) is 2.20. The number of ether oxygens (including phenoxy) is 2. The summed E-state index contributed by atoms with van der Waals surface area (Å²) >= 11 is 1.48. The number of hydrogen-bond donors (Lipinski definition) is 1. The number of aromatic nitrogens is 3. The zero-order valence-electron chi connectivity index (χ0n) is 19.1. The van der Waals surface area contributed by atoms with Crippen LogP contribution >= 0.6 is 11.8 Å². The minimum atomic E-state index is -0.647. The van der Waals surface area contributed by atoms with Gasteiger partial charge in [0, 0.05) is 18.8 Å². The molecule has 3 aromatic carbocycles. The number of rotatable bonds is 8. The topological polar surface area (TPSA) is 72.6 Å². The van der Waals surface area contributed by atoms with Gasteiger partial charge in [0.05, 0.1) is 25.0 Å². The normalized spacial score (nSPS) is 14.9. The second-order valence-electron chi connectivity index (χ2n) is 8.34. The number of hydrogen-bond acceptors (Lipinski definition) is 7. The van der Waals surface area contributed by atoms with E-state index >= 15 is 0 Å². The van der Waals surface area contributed by atoms with Gasteiger partial charge in [0.15, 0.2) is 5.16 Å². The molecule has 7 nitrogen and oxygen atoms in total. The molecule has 1 aromatic heterocycles. The highest BCUT2D eigenvalue weighted by molar-refractivity contribution is 7.99. The van der Waals surface area contributed by atoms with Crippen LogP contribution in [0.15, 0.2) is 71.9 Å². The molecular weight excluding hydrogens is 448 g/mol. The molecule has 5 rings (SSSR count). The molecule has 1 aliphatic heterocycles. The maximum absolute atomic E-state index is 10.6. The minimum absolute atomic E-state index is 0.209. The van der Waals surface area contributed by atoms with Gasteiger partial charge in [0.2, 0.25) is 5.95 Å². The predicted octanol–water partition coefficient (Wildman–Crippen LogP) is 4.10. The molecule has 1 saturated heterocycles. The Morgan fingerprint density at radius 3 is 2.65 bits per heavy atom. The second-order valence-corrected chi connectivity index (χ2v) is 9.33. The van der Waals surface area contributed by atoms with Crippen molar-refractivity contribution in [3.8, 4) is 11.4 Å². The van der Waals surface area contributed by atoms with E-state index in [-0.39, 0.29) is 6.61 Å². The molecule has 2 heterocycles. The van der Waals surface area contributed by atoms with E-state index in [1.54, 1.807) is 0 Å². The number of nitrogens with zero attached hydrogens (tertiary/aromatic N) is 4. The van der Waals surface area contributed by atoms with Crippen LogP contribution in [0.5, 0.6) is 5.75 Å². The van der Waals surface area contributed by atoms with Crippen LogP contribution in [0.1, 0.15) is 5.56 Å². The summed E-state index contributed by atoms with van der Waals surface area (Å²) in [6, 6.07) is 22.4. The van der Waals surface area contributed by atoms with E-state index in [4.69, 9.17) is 9.47 Å². The lowest BCUT2D eigenvalue weighted by Gasteiger charge is -2.28. The van der Waals surface area contributed by atoms with Gasteiger partial charge in [0.25, 0.3) is 0 Å². The molecule has 0 saturated carbocycles. The van der Waals surface area contributed by atoms with E-state index in [9.17, 15) is 5.11 Å². The van der Waals surface area contributed by atoms with Crippen LogP contribution in [0.2, 0.25) is 0 Å². The highest BCUT2D eigenvalue weighted by Crippen LogP contribution is 2.28. The summed E-state index contributed by atoms with van der Waals surface area (Å²) in [5.41, 5.74) is 2.18. The zero-order chi connectivity index (χ0) is 23.3. The van der Waals surface area contributed by atoms with Gasteiger partial charge in [-0.15, -0.1) is 10.2 Å². The van der Waals surface area contributed by atoms with Crippen LogP contribution in [0.3, 0.4) is 0 Å². The molecule has 4 aromatic rings. The molecule has 1 fully saturated rings. The van der Waals surface area contributed by atoms with Crippen molar-refractivity contribution in [2.45, 2.75) is 18.2 Å². The minimum Gasteiger partial charge on any atom is -0.491 e. The van der Waals surface area contributed by atoms with Gasteiger partial charge >= 0.3 is 0 Å². The number of morpholine rings is 1. The Hall–Kier alpha value is -3.07. The Morgan fingerprint density at radius 2 is 1.82 bits per heavy atom. The van der Waals surface area contributed by atoms with Gasteiger partial charge in [-0.2, -0.15) is 0 Å². The molecule has 1 N–H and O–H groups in total. The summed E-state index contributed by atoms with van der Waals surface area (Å²) < 4.78 is 13.4. The SMILES string of the molecule is Cc1cccc(-n2c(SCC(O)COc3ccc4ccccc4c3)nnc2N2CCOCC2)c1. The fourth-order valence-electron chi connectivity index (χ4n) is 3.99. The number of aliphatic hydroxyl groups is 1. The van der Waals surface area contributed by atoms with Gasteiger partial charge < -0.3 is 19.5 Å². The lowest BCUT2D eigenvalue weighted by atomic mass is 10.1. The lowest BCUT2D eigenvalue weighted by Crippen LogP contribution is -2.37. The highest BCUT2D eigenvalue weighted by Gasteiger charge is 2.22. The Kier molecular flexibility index (Phi) is 6.99. The van der Waals surface area contributed by atoms with E-state index in [1.807, 2.05) is 36.4 Å². The maximum atomic E-state index is 10.6. The van der Waals surface area contributed by atoms with E-state index < -0.39 is 6.10 Å². The lowest BCUT2D eigenvalue weighted by molar-refractivity contribution is 0.122. The fraction of sp³-hybridized carbons (Fsp3) is 0.308. The van der Waals surface area contributed by atoms with Gasteiger partial charge in [0.1, 0.15) is 12.4 Å². The molecule has 0 radical (unpaired) electrons. The van der Waals surface area contributed by atoms with E-state index in [1.165, 1.54) is 17.3 Å². The number of anilines is 1. The largest absolute Gasteiger partial charge is 0.491 e. The second kappa shape index (κ2) is 10.5. The first-order chi connectivity index (χ1) is 16.7. The molecule has 34 heavy (non-hydrogen) atoms. The van der Waals surface area contributed by atoms with Crippen molar-refractivity contribution in [1.82, 2.24) is 14.8 Å². The Labute approximate surface area is 203 Å².